The zero-order valence-electron chi connectivity index (χ0n) is 44.4. The molecule has 11 aromatic carbocycles. The molecule has 0 saturated heterocycles. The predicted octanol–water partition coefficient (Wildman–Crippen LogP) is 21.2. The van der Waals surface area contributed by atoms with Crippen LogP contribution in [-0.2, 0) is 12.8 Å². The van der Waals surface area contributed by atoms with Gasteiger partial charge in [0.1, 0.15) is 0 Å². The van der Waals surface area contributed by atoms with Gasteiger partial charge in [0.05, 0.1) is 0 Å². The van der Waals surface area contributed by atoms with E-state index in [0.29, 0.717) is 23.7 Å². The molecular formula is C72H68N2. The van der Waals surface area contributed by atoms with E-state index in [0.717, 1.165) is 47.0 Å². The number of benzene rings is 11. The van der Waals surface area contributed by atoms with Crippen LogP contribution in [-0.4, -0.2) is 0 Å². The molecule has 2 nitrogen and oxygen atoms in total. The third-order valence-corrected chi connectivity index (χ3v) is 15.0. The fourth-order valence-corrected chi connectivity index (χ4v) is 11.4. The fraction of sp³-hybridized carbons (Fsp3) is 0.194. The molecule has 0 atom stereocenters. The van der Waals surface area contributed by atoms with Gasteiger partial charge in [-0.3, -0.25) is 0 Å². The number of anilines is 6. The molecule has 0 amide bonds. The van der Waals surface area contributed by atoms with Gasteiger partial charge in [-0.1, -0.05) is 201 Å². The second kappa shape index (κ2) is 20.5. The molecule has 0 N–H and O–H groups in total. The molecule has 2 heteroatoms. The van der Waals surface area contributed by atoms with Crippen LogP contribution >= 0.6 is 0 Å². The molecule has 11 rings (SSSR count). The smallest absolute Gasteiger partial charge is 0.0468 e. The topological polar surface area (TPSA) is 6.48 Å². The van der Waals surface area contributed by atoms with Crippen molar-refractivity contribution in [2.45, 2.75) is 80.1 Å². The van der Waals surface area contributed by atoms with Gasteiger partial charge in [0.25, 0.3) is 0 Å². The van der Waals surface area contributed by atoms with E-state index in [1.165, 1.54) is 87.6 Å². The summed E-state index contributed by atoms with van der Waals surface area (Å²) in [6.07, 6.45) is 2.10. The fourth-order valence-electron chi connectivity index (χ4n) is 11.4. The summed E-state index contributed by atoms with van der Waals surface area (Å²) in [7, 11) is 0. The van der Waals surface area contributed by atoms with E-state index in [9.17, 15) is 0 Å². The number of hydrogen-bond donors (Lipinski definition) is 0. The highest BCUT2D eigenvalue weighted by Gasteiger charge is 2.24. The molecule has 0 aromatic heterocycles. The molecule has 0 aliphatic rings. The molecule has 0 bridgehead atoms. The molecule has 0 spiro atoms. The maximum absolute atomic E-state index is 2.48. The lowest BCUT2D eigenvalue weighted by molar-refractivity contribution is 0.647. The van der Waals surface area contributed by atoms with E-state index in [1.807, 2.05) is 0 Å². The van der Waals surface area contributed by atoms with Crippen LogP contribution in [0, 0.1) is 11.8 Å². The van der Waals surface area contributed by atoms with Crippen molar-refractivity contribution >= 4 is 77.2 Å². The zero-order valence-corrected chi connectivity index (χ0v) is 44.4. The van der Waals surface area contributed by atoms with Crippen molar-refractivity contribution in [2.24, 2.45) is 11.8 Å². The van der Waals surface area contributed by atoms with Crippen molar-refractivity contribution in [1.82, 2.24) is 0 Å². The number of rotatable bonds is 14. The van der Waals surface area contributed by atoms with Crippen molar-refractivity contribution < 1.29 is 0 Å². The van der Waals surface area contributed by atoms with Crippen LogP contribution in [0.3, 0.4) is 0 Å². The third kappa shape index (κ3) is 9.46. The quantitative estimate of drug-likeness (QED) is 0.100. The first-order chi connectivity index (χ1) is 36.0. The summed E-state index contributed by atoms with van der Waals surface area (Å²) in [4.78, 5) is 4.91. The number of hydrogen-bond acceptors (Lipinski definition) is 2. The van der Waals surface area contributed by atoms with Gasteiger partial charge in [-0.2, -0.15) is 0 Å². The van der Waals surface area contributed by atoms with Crippen LogP contribution in [0.4, 0.5) is 34.1 Å². The second-order valence-corrected chi connectivity index (χ2v) is 22.0. The van der Waals surface area contributed by atoms with Crippen LogP contribution in [0.15, 0.2) is 218 Å². The first-order valence-corrected chi connectivity index (χ1v) is 27.0. The van der Waals surface area contributed by atoms with Crippen molar-refractivity contribution in [3.63, 3.8) is 0 Å². The van der Waals surface area contributed by atoms with Gasteiger partial charge in [0.2, 0.25) is 0 Å². The summed E-state index contributed by atoms with van der Waals surface area (Å²) in [5.41, 5.74) is 17.1. The molecule has 0 aliphatic heterocycles. The largest absolute Gasteiger partial charge is 0.310 e. The van der Waals surface area contributed by atoms with Gasteiger partial charge in [-0.25, -0.2) is 0 Å². The van der Waals surface area contributed by atoms with Crippen molar-refractivity contribution in [3.8, 4) is 22.3 Å². The normalized spacial score (nSPS) is 11.8. The monoisotopic (exact) mass is 961 g/mol. The minimum Gasteiger partial charge on any atom is -0.310 e. The highest BCUT2D eigenvalue weighted by atomic mass is 15.1. The first kappa shape index (κ1) is 48.3. The first-order valence-electron chi connectivity index (χ1n) is 27.0. The van der Waals surface area contributed by atoms with Gasteiger partial charge in [0, 0.05) is 34.1 Å². The summed E-state index contributed by atoms with van der Waals surface area (Å²) in [6, 6.07) is 82.9. The summed E-state index contributed by atoms with van der Waals surface area (Å²) in [5.74, 6) is 2.03. The van der Waals surface area contributed by atoms with Gasteiger partial charge >= 0.3 is 0 Å². The van der Waals surface area contributed by atoms with Crippen molar-refractivity contribution in [3.05, 3.63) is 241 Å². The van der Waals surface area contributed by atoms with Crippen LogP contribution in [0.1, 0.15) is 89.5 Å². The lowest BCUT2D eigenvalue weighted by atomic mass is 9.83. The maximum atomic E-state index is 2.48. The van der Waals surface area contributed by atoms with Gasteiger partial charge in [-0.15, -0.1) is 0 Å². The highest BCUT2D eigenvalue weighted by Crippen LogP contribution is 2.50. The Balaban J connectivity index is 1.24. The molecule has 0 radical (unpaired) electrons. The SMILES string of the molecule is CC(C)Cc1ccc(N(c2ccc(C(C)C)cc2)c2ccc3c(-c4cccc5ccccc45)c4cc(N(c5ccc(CC(C)C)cc5)c5ccc(C(C)C)cc5)ccc4c(-c4cccc5ccccc45)c3c2)cc1. The lowest BCUT2D eigenvalue weighted by Gasteiger charge is -2.29. The Morgan fingerprint density at radius 3 is 0.959 bits per heavy atom. The third-order valence-electron chi connectivity index (χ3n) is 15.0. The molecule has 11 aromatic rings. The van der Waals surface area contributed by atoms with Crippen LogP contribution in [0.25, 0.3) is 65.3 Å². The molecule has 0 aliphatic carbocycles. The Bertz CT molecular complexity index is 3500. The summed E-state index contributed by atoms with van der Waals surface area (Å²) >= 11 is 0. The molecule has 74 heavy (non-hydrogen) atoms. The standard InChI is InChI=1S/C72H68N2/c1-47(2)43-51-23-31-57(32-24-51)73(59-35-27-53(28-36-59)49(5)6)61-39-41-67-69(45-61)71(65-21-13-17-55-15-9-11-19-63(55)65)68-42-40-62(46-70(68)72(67)66-22-14-18-56-16-10-12-20-64(56)66)74(60-37-29-54(30-38-60)50(7)8)58-33-25-52(26-34-58)44-48(3)4/h9-42,45-50H,43-44H2,1-8H3. The van der Waals surface area contributed by atoms with E-state index >= 15 is 0 Å². The number of fused-ring (bicyclic) bond motifs is 4. The van der Waals surface area contributed by atoms with E-state index in [1.54, 1.807) is 0 Å². The Labute approximate surface area is 439 Å². The second-order valence-electron chi connectivity index (χ2n) is 22.0. The number of nitrogens with zero attached hydrogens (tertiary/aromatic N) is 2. The van der Waals surface area contributed by atoms with Crippen LogP contribution < -0.4 is 9.80 Å². The summed E-state index contributed by atoms with van der Waals surface area (Å²) in [6.45, 7) is 18.3. The minimum atomic E-state index is 0.436. The molecule has 0 saturated carbocycles. The summed E-state index contributed by atoms with van der Waals surface area (Å²) in [5, 5.41) is 9.77. The molecule has 0 heterocycles. The van der Waals surface area contributed by atoms with Crippen LogP contribution in [0.5, 0.6) is 0 Å². The average Bonchev–Trinajstić information content (AvgIpc) is 3.41. The Morgan fingerprint density at radius 2 is 0.608 bits per heavy atom. The molecule has 0 fully saturated rings. The van der Waals surface area contributed by atoms with Crippen molar-refractivity contribution in [2.75, 3.05) is 9.80 Å². The van der Waals surface area contributed by atoms with Gasteiger partial charge in [-0.05, 0) is 197 Å². The van der Waals surface area contributed by atoms with E-state index in [4.69, 9.17) is 0 Å². The Kier molecular flexibility index (Phi) is 13.4. The molecule has 366 valence electrons. The Hall–Kier alpha value is -7.94. The molecular weight excluding hydrogens is 893 g/mol. The van der Waals surface area contributed by atoms with E-state index < -0.39 is 0 Å². The minimum absolute atomic E-state index is 0.436. The van der Waals surface area contributed by atoms with Crippen molar-refractivity contribution in [1.29, 1.82) is 0 Å². The highest BCUT2D eigenvalue weighted by molar-refractivity contribution is 6.26. The van der Waals surface area contributed by atoms with Gasteiger partial charge < -0.3 is 9.80 Å². The summed E-state index contributed by atoms with van der Waals surface area (Å²) < 4.78 is 0. The van der Waals surface area contributed by atoms with Crippen LogP contribution in [0.2, 0.25) is 0 Å². The maximum Gasteiger partial charge on any atom is 0.0468 e. The predicted molar refractivity (Wildman–Crippen MR) is 322 cm³/mol. The van der Waals surface area contributed by atoms with E-state index in [-0.39, 0.29) is 0 Å². The molecule has 0 unspecified atom stereocenters. The average molecular weight is 961 g/mol. The van der Waals surface area contributed by atoms with E-state index in [2.05, 4.69) is 284 Å². The zero-order chi connectivity index (χ0) is 51.0. The Morgan fingerprint density at radius 1 is 0.284 bits per heavy atom. The lowest BCUT2D eigenvalue weighted by Crippen LogP contribution is -2.11. The van der Waals surface area contributed by atoms with Gasteiger partial charge in [0.15, 0.2) is 0 Å².